The van der Waals surface area contributed by atoms with E-state index in [0.29, 0.717) is 19.0 Å². The summed E-state index contributed by atoms with van der Waals surface area (Å²) in [5, 5.41) is 6.15. The number of para-hydroxylation sites is 1. The van der Waals surface area contributed by atoms with Gasteiger partial charge in [0.25, 0.3) is 0 Å². The number of piperidine rings is 2. The van der Waals surface area contributed by atoms with Gasteiger partial charge in [0, 0.05) is 31.9 Å². The Morgan fingerprint density at radius 1 is 1.04 bits per heavy atom. The Bertz CT molecular complexity index is 605. The highest BCUT2D eigenvalue weighted by Gasteiger charge is 2.33. The van der Waals surface area contributed by atoms with E-state index in [1.54, 1.807) is 4.90 Å². The summed E-state index contributed by atoms with van der Waals surface area (Å²) in [6.45, 7) is 3.88. The topological polar surface area (TPSA) is 64.7 Å². The van der Waals surface area contributed by atoms with E-state index in [9.17, 15) is 9.59 Å². The zero-order valence-corrected chi connectivity index (χ0v) is 15.6. The van der Waals surface area contributed by atoms with Gasteiger partial charge >= 0.3 is 6.03 Å². The predicted molar refractivity (Wildman–Crippen MR) is 103 cm³/mol. The Labute approximate surface area is 155 Å². The van der Waals surface area contributed by atoms with Crippen molar-refractivity contribution in [3.8, 4) is 0 Å². The Kier molecular flexibility index (Phi) is 6.50. The molecule has 3 amide bonds. The van der Waals surface area contributed by atoms with Crippen molar-refractivity contribution in [2.75, 3.05) is 45.1 Å². The zero-order chi connectivity index (χ0) is 18.4. The van der Waals surface area contributed by atoms with Gasteiger partial charge < -0.3 is 20.4 Å². The first-order valence-electron chi connectivity index (χ1n) is 9.71. The van der Waals surface area contributed by atoms with Crippen LogP contribution in [-0.4, -0.2) is 61.5 Å². The Hall–Kier alpha value is -2.08. The number of anilines is 1. The summed E-state index contributed by atoms with van der Waals surface area (Å²) in [6, 6.07) is 9.36. The summed E-state index contributed by atoms with van der Waals surface area (Å²) in [5.74, 6) is 0.695. The maximum absolute atomic E-state index is 13.0. The SMILES string of the molecule is CNCC1CCCN(C(=O)C2CCCN(C(=O)Nc3ccccc3)C2)C1. The minimum absolute atomic E-state index is 0.0707. The molecule has 0 bridgehead atoms. The molecule has 142 valence electrons. The van der Waals surface area contributed by atoms with E-state index in [0.717, 1.165) is 44.6 Å². The highest BCUT2D eigenvalue weighted by atomic mass is 16.2. The number of carbonyl (C=O) groups is 2. The molecule has 2 atom stereocenters. The summed E-state index contributed by atoms with van der Waals surface area (Å²) in [4.78, 5) is 29.3. The fraction of sp³-hybridized carbons (Fsp3) is 0.600. The Balaban J connectivity index is 1.55. The van der Waals surface area contributed by atoms with Gasteiger partial charge in [-0.25, -0.2) is 4.79 Å². The lowest BCUT2D eigenvalue weighted by Gasteiger charge is -2.38. The lowest BCUT2D eigenvalue weighted by molar-refractivity contribution is -0.138. The third-order valence-electron chi connectivity index (χ3n) is 5.41. The maximum atomic E-state index is 13.0. The number of nitrogens with zero attached hydrogens (tertiary/aromatic N) is 2. The second-order valence-corrected chi connectivity index (χ2v) is 7.43. The molecule has 2 N–H and O–H groups in total. The summed E-state index contributed by atoms with van der Waals surface area (Å²) < 4.78 is 0. The van der Waals surface area contributed by atoms with E-state index in [4.69, 9.17) is 0 Å². The molecule has 2 fully saturated rings. The Morgan fingerprint density at radius 3 is 2.54 bits per heavy atom. The number of hydrogen-bond donors (Lipinski definition) is 2. The monoisotopic (exact) mass is 358 g/mol. The van der Waals surface area contributed by atoms with Gasteiger partial charge in [0.2, 0.25) is 5.91 Å². The number of benzene rings is 1. The molecule has 2 heterocycles. The van der Waals surface area contributed by atoms with Crippen molar-refractivity contribution in [3.05, 3.63) is 30.3 Å². The Morgan fingerprint density at radius 2 is 1.77 bits per heavy atom. The first-order chi connectivity index (χ1) is 12.7. The van der Waals surface area contributed by atoms with Crippen LogP contribution < -0.4 is 10.6 Å². The van der Waals surface area contributed by atoms with Crippen LogP contribution in [0.4, 0.5) is 10.5 Å². The van der Waals surface area contributed by atoms with Crippen LogP contribution in [0.2, 0.25) is 0 Å². The molecule has 0 spiro atoms. The number of amides is 3. The molecule has 2 saturated heterocycles. The minimum Gasteiger partial charge on any atom is -0.342 e. The third kappa shape index (κ3) is 4.75. The molecule has 1 aromatic carbocycles. The molecule has 0 saturated carbocycles. The normalized spacial score (nSPS) is 23.6. The van der Waals surface area contributed by atoms with Crippen molar-refractivity contribution in [1.82, 2.24) is 15.1 Å². The standard InChI is InChI=1S/C20H30N4O2/c1-21-13-16-7-5-11-23(14-16)19(25)17-8-6-12-24(15-17)20(26)22-18-9-3-2-4-10-18/h2-4,9-10,16-17,21H,5-8,11-15H2,1H3,(H,22,26). The second kappa shape index (κ2) is 9.03. The van der Waals surface area contributed by atoms with Crippen LogP contribution in [0, 0.1) is 11.8 Å². The third-order valence-corrected chi connectivity index (χ3v) is 5.41. The van der Waals surface area contributed by atoms with E-state index >= 15 is 0 Å². The molecule has 0 aromatic heterocycles. The lowest BCUT2D eigenvalue weighted by atomic mass is 9.93. The summed E-state index contributed by atoms with van der Waals surface area (Å²) in [6.07, 6.45) is 4.01. The van der Waals surface area contributed by atoms with E-state index < -0.39 is 0 Å². The van der Waals surface area contributed by atoms with Crippen LogP contribution in [0.25, 0.3) is 0 Å². The van der Waals surface area contributed by atoms with Gasteiger partial charge in [-0.3, -0.25) is 4.79 Å². The van der Waals surface area contributed by atoms with Gasteiger partial charge in [-0.1, -0.05) is 18.2 Å². The van der Waals surface area contributed by atoms with Crippen LogP contribution in [0.3, 0.4) is 0 Å². The first-order valence-corrected chi connectivity index (χ1v) is 9.71. The van der Waals surface area contributed by atoms with Gasteiger partial charge in [-0.05, 0) is 57.3 Å². The number of rotatable bonds is 4. The summed E-state index contributed by atoms with van der Waals surface area (Å²) in [7, 11) is 1.96. The fourth-order valence-electron chi connectivity index (χ4n) is 4.07. The van der Waals surface area contributed by atoms with Crippen molar-refractivity contribution >= 4 is 17.6 Å². The number of hydrogen-bond acceptors (Lipinski definition) is 3. The van der Waals surface area contributed by atoms with E-state index in [-0.39, 0.29) is 17.9 Å². The summed E-state index contributed by atoms with van der Waals surface area (Å²) in [5.41, 5.74) is 0.789. The van der Waals surface area contributed by atoms with E-state index in [1.807, 2.05) is 42.3 Å². The van der Waals surface area contributed by atoms with E-state index in [1.165, 1.54) is 6.42 Å². The van der Waals surface area contributed by atoms with Crippen molar-refractivity contribution in [2.24, 2.45) is 11.8 Å². The number of nitrogens with one attached hydrogen (secondary N) is 2. The van der Waals surface area contributed by atoms with Crippen LogP contribution in [0.5, 0.6) is 0 Å². The largest absolute Gasteiger partial charge is 0.342 e. The first kappa shape index (κ1) is 18.7. The average Bonchev–Trinajstić information content (AvgIpc) is 2.69. The molecule has 6 nitrogen and oxygen atoms in total. The molecule has 6 heteroatoms. The second-order valence-electron chi connectivity index (χ2n) is 7.43. The van der Waals surface area contributed by atoms with Crippen LogP contribution in [0.1, 0.15) is 25.7 Å². The molecule has 0 radical (unpaired) electrons. The molecule has 26 heavy (non-hydrogen) atoms. The molecule has 0 aliphatic carbocycles. The molecular weight excluding hydrogens is 328 g/mol. The molecule has 3 rings (SSSR count). The van der Waals surface area contributed by atoms with Gasteiger partial charge in [0.15, 0.2) is 0 Å². The van der Waals surface area contributed by atoms with Gasteiger partial charge in [0.1, 0.15) is 0 Å². The smallest absolute Gasteiger partial charge is 0.321 e. The van der Waals surface area contributed by atoms with Crippen molar-refractivity contribution in [2.45, 2.75) is 25.7 Å². The fourth-order valence-corrected chi connectivity index (χ4v) is 4.07. The molecule has 2 unspecified atom stereocenters. The zero-order valence-electron chi connectivity index (χ0n) is 15.6. The van der Waals surface area contributed by atoms with Crippen LogP contribution in [-0.2, 0) is 4.79 Å². The van der Waals surface area contributed by atoms with Gasteiger partial charge in [-0.15, -0.1) is 0 Å². The number of urea groups is 1. The molecular formula is C20H30N4O2. The molecule has 2 aliphatic rings. The number of carbonyl (C=O) groups excluding carboxylic acids is 2. The van der Waals surface area contributed by atoms with Crippen LogP contribution in [0.15, 0.2) is 30.3 Å². The maximum Gasteiger partial charge on any atom is 0.321 e. The average molecular weight is 358 g/mol. The van der Waals surface area contributed by atoms with Crippen molar-refractivity contribution in [3.63, 3.8) is 0 Å². The van der Waals surface area contributed by atoms with Gasteiger partial charge in [-0.2, -0.15) is 0 Å². The van der Waals surface area contributed by atoms with Crippen molar-refractivity contribution in [1.29, 1.82) is 0 Å². The summed E-state index contributed by atoms with van der Waals surface area (Å²) >= 11 is 0. The lowest BCUT2D eigenvalue weighted by Crippen LogP contribution is -2.50. The number of likely N-dealkylation sites (tertiary alicyclic amines) is 2. The predicted octanol–water partition coefficient (Wildman–Crippen LogP) is 2.39. The van der Waals surface area contributed by atoms with Crippen molar-refractivity contribution < 1.29 is 9.59 Å². The quantitative estimate of drug-likeness (QED) is 0.869. The van der Waals surface area contributed by atoms with Crippen LogP contribution >= 0.6 is 0 Å². The molecule has 2 aliphatic heterocycles. The highest BCUT2D eigenvalue weighted by molar-refractivity contribution is 5.90. The molecule has 1 aromatic rings. The highest BCUT2D eigenvalue weighted by Crippen LogP contribution is 2.23. The van der Waals surface area contributed by atoms with E-state index in [2.05, 4.69) is 10.6 Å². The van der Waals surface area contributed by atoms with Gasteiger partial charge in [0.05, 0.1) is 5.92 Å². The minimum atomic E-state index is -0.111.